The zero-order chi connectivity index (χ0) is 12.3. The first-order chi connectivity index (χ1) is 8.20. The van der Waals surface area contributed by atoms with Gasteiger partial charge in [-0.15, -0.1) is 0 Å². The molecule has 17 heavy (non-hydrogen) atoms. The second-order valence-corrected chi connectivity index (χ2v) is 3.96. The van der Waals surface area contributed by atoms with Gasteiger partial charge in [-0.1, -0.05) is 0 Å². The Hall–Kier alpha value is -2.16. The fourth-order valence-corrected chi connectivity index (χ4v) is 2.08. The van der Waals surface area contributed by atoms with Gasteiger partial charge in [0.05, 0.1) is 18.8 Å². The number of carboxylic acids is 1. The van der Waals surface area contributed by atoms with E-state index in [1.165, 1.54) is 12.4 Å². The third-order valence-electron chi connectivity index (χ3n) is 2.83. The van der Waals surface area contributed by atoms with Gasteiger partial charge < -0.3 is 10.0 Å². The molecule has 1 aromatic heterocycles. The monoisotopic (exact) mass is 232 g/mol. The maximum absolute atomic E-state index is 10.7. The van der Waals surface area contributed by atoms with Crippen LogP contribution in [0.3, 0.4) is 0 Å². The van der Waals surface area contributed by atoms with Gasteiger partial charge in [0, 0.05) is 12.6 Å². The lowest BCUT2D eigenvalue weighted by Crippen LogP contribution is -2.32. The predicted octanol–water partition coefficient (Wildman–Crippen LogP) is 0.792. The SMILES string of the molecule is N#Cc1cnc(N2CCCC2CC(=O)O)cn1. The molecule has 0 saturated carbocycles. The van der Waals surface area contributed by atoms with E-state index in [-0.39, 0.29) is 18.2 Å². The second-order valence-electron chi connectivity index (χ2n) is 3.96. The molecule has 1 fully saturated rings. The molecule has 1 unspecified atom stereocenters. The van der Waals surface area contributed by atoms with Crippen LogP contribution >= 0.6 is 0 Å². The van der Waals surface area contributed by atoms with Crippen LogP contribution in [0.5, 0.6) is 0 Å². The summed E-state index contributed by atoms with van der Waals surface area (Å²) in [7, 11) is 0. The van der Waals surface area contributed by atoms with Crippen molar-refractivity contribution in [1.29, 1.82) is 5.26 Å². The highest BCUT2D eigenvalue weighted by atomic mass is 16.4. The highest BCUT2D eigenvalue weighted by Crippen LogP contribution is 2.25. The Balaban J connectivity index is 2.14. The number of hydrogen-bond acceptors (Lipinski definition) is 5. The van der Waals surface area contributed by atoms with E-state index in [1.54, 1.807) is 0 Å². The summed E-state index contributed by atoms with van der Waals surface area (Å²) in [5, 5.41) is 17.4. The Labute approximate surface area is 98.5 Å². The van der Waals surface area contributed by atoms with Gasteiger partial charge in [-0.05, 0) is 12.8 Å². The van der Waals surface area contributed by atoms with Crippen LogP contribution in [0, 0.1) is 11.3 Å². The van der Waals surface area contributed by atoms with E-state index < -0.39 is 5.97 Å². The summed E-state index contributed by atoms with van der Waals surface area (Å²) < 4.78 is 0. The summed E-state index contributed by atoms with van der Waals surface area (Å²) in [4.78, 5) is 20.8. The van der Waals surface area contributed by atoms with Gasteiger partial charge in [-0.3, -0.25) is 4.79 Å². The quantitative estimate of drug-likeness (QED) is 0.828. The lowest BCUT2D eigenvalue weighted by Gasteiger charge is -2.23. The van der Waals surface area contributed by atoms with Crippen LogP contribution in [0.15, 0.2) is 12.4 Å². The Kier molecular flexibility index (Phi) is 3.19. The number of nitrogens with zero attached hydrogens (tertiary/aromatic N) is 4. The molecule has 88 valence electrons. The molecule has 1 N–H and O–H groups in total. The molecule has 6 nitrogen and oxygen atoms in total. The molecule has 1 aliphatic heterocycles. The summed E-state index contributed by atoms with van der Waals surface area (Å²) in [5.74, 6) is -0.156. The maximum atomic E-state index is 10.7. The van der Waals surface area contributed by atoms with Crippen molar-refractivity contribution in [3.05, 3.63) is 18.1 Å². The largest absolute Gasteiger partial charge is 0.481 e. The highest BCUT2D eigenvalue weighted by molar-refractivity contribution is 5.68. The van der Waals surface area contributed by atoms with Crippen LogP contribution in [0.2, 0.25) is 0 Å². The number of rotatable bonds is 3. The van der Waals surface area contributed by atoms with Crippen molar-refractivity contribution < 1.29 is 9.90 Å². The molecule has 1 aromatic rings. The molecule has 1 aliphatic rings. The Bertz CT molecular complexity index is 452. The van der Waals surface area contributed by atoms with E-state index in [4.69, 9.17) is 10.4 Å². The van der Waals surface area contributed by atoms with Gasteiger partial charge in [-0.25, -0.2) is 9.97 Å². The van der Waals surface area contributed by atoms with Crippen LogP contribution in [-0.2, 0) is 4.79 Å². The molecule has 0 spiro atoms. The van der Waals surface area contributed by atoms with E-state index in [0.29, 0.717) is 5.82 Å². The van der Waals surface area contributed by atoms with Crippen LogP contribution < -0.4 is 4.90 Å². The Morgan fingerprint density at radius 2 is 2.41 bits per heavy atom. The number of aliphatic carboxylic acids is 1. The number of aromatic nitrogens is 2. The van der Waals surface area contributed by atoms with E-state index in [9.17, 15) is 4.79 Å². The lowest BCUT2D eigenvalue weighted by molar-refractivity contribution is -0.137. The van der Waals surface area contributed by atoms with Gasteiger partial charge in [0.1, 0.15) is 11.9 Å². The van der Waals surface area contributed by atoms with Gasteiger partial charge in [0.15, 0.2) is 5.69 Å². The van der Waals surface area contributed by atoms with Gasteiger partial charge >= 0.3 is 5.97 Å². The van der Waals surface area contributed by atoms with E-state index in [2.05, 4.69) is 9.97 Å². The van der Waals surface area contributed by atoms with Gasteiger partial charge in [-0.2, -0.15) is 5.26 Å². The minimum Gasteiger partial charge on any atom is -0.481 e. The van der Waals surface area contributed by atoms with Crippen molar-refractivity contribution in [3.63, 3.8) is 0 Å². The maximum Gasteiger partial charge on any atom is 0.305 e. The number of hydrogen-bond donors (Lipinski definition) is 1. The molecular weight excluding hydrogens is 220 g/mol. The standard InChI is InChI=1S/C11H12N4O2/c12-5-8-6-14-10(7-13-8)15-3-1-2-9(15)4-11(16)17/h6-7,9H,1-4H2,(H,16,17). The molecule has 0 bridgehead atoms. The van der Waals surface area contributed by atoms with Crippen LogP contribution in [0.1, 0.15) is 25.0 Å². The number of anilines is 1. The topological polar surface area (TPSA) is 90.1 Å². The first kappa shape index (κ1) is 11.3. The Morgan fingerprint density at radius 1 is 1.59 bits per heavy atom. The molecular formula is C11H12N4O2. The van der Waals surface area contributed by atoms with Crippen molar-refractivity contribution >= 4 is 11.8 Å². The zero-order valence-corrected chi connectivity index (χ0v) is 9.20. The minimum absolute atomic E-state index is 0.0188. The van der Waals surface area contributed by atoms with Crippen LogP contribution in [0.25, 0.3) is 0 Å². The average molecular weight is 232 g/mol. The van der Waals surface area contributed by atoms with Crippen LogP contribution in [0.4, 0.5) is 5.82 Å². The summed E-state index contributed by atoms with van der Waals surface area (Å²) in [6, 6.07) is 1.88. The smallest absolute Gasteiger partial charge is 0.305 e. The van der Waals surface area contributed by atoms with Gasteiger partial charge in [0.25, 0.3) is 0 Å². The minimum atomic E-state index is -0.802. The van der Waals surface area contributed by atoms with Crippen molar-refractivity contribution in [3.8, 4) is 6.07 Å². The fourth-order valence-electron chi connectivity index (χ4n) is 2.08. The average Bonchev–Trinajstić information content (AvgIpc) is 2.76. The summed E-state index contributed by atoms with van der Waals surface area (Å²) in [6.45, 7) is 0.790. The fraction of sp³-hybridized carbons (Fsp3) is 0.455. The molecule has 0 radical (unpaired) electrons. The molecule has 2 heterocycles. The lowest BCUT2D eigenvalue weighted by atomic mass is 10.1. The van der Waals surface area contributed by atoms with Crippen molar-refractivity contribution in [2.24, 2.45) is 0 Å². The highest BCUT2D eigenvalue weighted by Gasteiger charge is 2.27. The summed E-state index contributed by atoms with van der Waals surface area (Å²) in [6.07, 6.45) is 4.86. The molecule has 1 atom stereocenters. The predicted molar refractivity (Wildman–Crippen MR) is 59.4 cm³/mol. The number of nitriles is 1. The van der Waals surface area contributed by atoms with Crippen molar-refractivity contribution in [1.82, 2.24) is 9.97 Å². The number of carbonyl (C=O) groups is 1. The second kappa shape index (κ2) is 4.78. The zero-order valence-electron chi connectivity index (χ0n) is 9.20. The van der Waals surface area contributed by atoms with E-state index in [1.807, 2.05) is 11.0 Å². The normalized spacial score (nSPS) is 19.0. The Morgan fingerprint density at radius 3 is 3.00 bits per heavy atom. The molecule has 6 heteroatoms. The number of carboxylic acid groups (broad SMARTS) is 1. The third-order valence-corrected chi connectivity index (χ3v) is 2.83. The molecule has 0 amide bonds. The summed E-state index contributed by atoms with van der Waals surface area (Å²) >= 11 is 0. The van der Waals surface area contributed by atoms with E-state index in [0.717, 1.165) is 19.4 Å². The summed E-state index contributed by atoms with van der Waals surface area (Å²) in [5.41, 5.74) is 0.266. The van der Waals surface area contributed by atoms with Crippen LogP contribution in [-0.4, -0.2) is 33.6 Å². The van der Waals surface area contributed by atoms with E-state index >= 15 is 0 Å². The van der Waals surface area contributed by atoms with Gasteiger partial charge in [0.2, 0.25) is 0 Å². The molecule has 2 rings (SSSR count). The molecule has 1 saturated heterocycles. The first-order valence-electron chi connectivity index (χ1n) is 5.41. The van der Waals surface area contributed by atoms with Crippen molar-refractivity contribution in [2.45, 2.75) is 25.3 Å². The molecule has 0 aromatic carbocycles. The van der Waals surface area contributed by atoms with Crippen molar-refractivity contribution in [2.75, 3.05) is 11.4 Å². The molecule has 0 aliphatic carbocycles. The first-order valence-corrected chi connectivity index (χ1v) is 5.41. The third kappa shape index (κ3) is 2.50.